The molecule has 1 fully saturated rings. The van der Waals surface area contributed by atoms with Gasteiger partial charge in [-0.05, 0) is 44.5 Å². The molecule has 8 aromatic carbocycles. The molecule has 8 atom stereocenters. The Hall–Kier alpha value is -7.16. The minimum atomic E-state index is -4.80. The lowest BCUT2D eigenvalue weighted by Crippen LogP contribution is -2.67. The molecule has 0 amide bonds. The number of carbonyl (C=O) groups is 2. The van der Waals surface area contributed by atoms with E-state index in [-0.39, 0.29) is 52.9 Å². The van der Waals surface area contributed by atoms with E-state index < -0.39 is 76.1 Å². The van der Waals surface area contributed by atoms with Crippen molar-refractivity contribution in [3.05, 3.63) is 287 Å². The summed E-state index contributed by atoms with van der Waals surface area (Å²) in [6, 6.07) is 73.9. The van der Waals surface area contributed by atoms with E-state index in [1.54, 1.807) is 72.8 Å². The molecule has 0 aliphatic heterocycles. The molecule has 424 valence electrons. The molecule has 0 N–H and O–H groups in total. The van der Waals surface area contributed by atoms with E-state index in [2.05, 4.69) is 0 Å². The highest BCUT2D eigenvalue weighted by Gasteiger charge is 2.59. The van der Waals surface area contributed by atoms with Gasteiger partial charge in [0.2, 0.25) is 0 Å². The topological polar surface area (TPSA) is 161 Å². The second kappa shape index (κ2) is 30.8. The summed E-state index contributed by atoms with van der Waals surface area (Å²) in [5.41, 5.74) is 5.72. The fraction of sp³-hybridized carbons (Fsp3) is 0.242. The highest BCUT2D eigenvalue weighted by molar-refractivity contribution is 7.55. The Kier molecular flexibility index (Phi) is 22.3. The van der Waals surface area contributed by atoms with E-state index in [4.69, 9.17) is 46.5 Å². The summed E-state index contributed by atoms with van der Waals surface area (Å²) in [4.78, 5) is 28.4. The summed E-state index contributed by atoms with van der Waals surface area (Å²) in [5.74, 6) is -1.79. The van der Waals surface area contributed by atoms with Crippen LogP contribution in [0.3, 0.4) is 0 Å². The molecule has 82 heavy (non-hydrogen) atoms. The number of hydrogen-bond acceptors (Lipinski definition) is 14. The van der Waals surface area contributed by atoms with Gasteiger partial charge >= 0.3 is 27.1 Å². The summed E-state index contributed by atoms with van der Waals surface area (Å²) in [6.07, 6.45) is -10.2. The lowest BCUT2D eigenvalue weighted by Gasteiger charge is -2.50. The average molecular weight is 1150 g/mol. The first-order chi connectivity index (χ1) is 40.2. The van der Waals surface area contributed by atoms with Crippen LogP contribution in [0.5, 0.6) is 0 Å². The van der Waals surface area contributed by atoms with Crippen LogP contribution in [-0.2, 0) is 118 Å². The third-order valence-corrected chi connectivity index (χ3v) is 16.8. The van der Waals surface area contributed by atoms with Gasteiger partial charge in [-0.2, -0.15) is 0 Å². The van der Waals surface area contributed by atoms with Crippen molar-refractivity contribution < 1.29 is 65.2 Å². The Morgan fingerprint density at radius 3 is 0.695 bits per heavy atom. The summed E-state index contributed by atoms with van der Waals surface area (Å²) in [7, 11) is -9.60. The van der Waals surface area contributed by atoms with Crippen molar-refractivity contribution in [3.63, 3.8) is 0 Å². The molecule has 2 unspecified atom stereocenters. The molecule has 14 nitrogen and oxygen atoms in total. The van der Waals surface area contributed by atoms with Crippen LogP contribution >= 0.6 is 15.2 Å². The maximum atomic E-state index is 16.1. The molecule has 9 rings (SSSR count). The van der Waals surface area contributed by atoms with Crippen molar-refractivity contribution in [2.45, 2.75) is 89.5 Å². The zero-order chi connectivity index (χ0) is 56.7. The predicted molar refractivity (Wildman–Crippen MR) is 310 cm³/mol. The highest BCUT2D eigenvalue weighted by atomic mass is 31.2. The van der Waals surface area contributed by atoms with Crippen LogP contribution in [-0.4, -0.2) is 60.9 Å². The van der Waals surface area contributed by atoms with Crippen molar-refractivity contribution in [3.8, 4) is 0 Å². The molecule has 8 aromatic rings. The van der Waals surface area contributed by atoms with Crippen LogP contribution in [0.1, 0.15) is 44.5 Å². The summed E-state index contributed by atoms with van der Waals surface area (Å²) in [5, 5.41) is 0. The minimum Gasteiger partial charge on any atom is -0.460 e. The number of esters is 2. The van der Waals surface area contributed by atoms with E-state index in [9.17, 15) is 9.59 Å². The van der Waals surface area contributed by atoms with Crippen LogP contribution in [0.4, 0.5) is 0 Å². The van der Waals surface area contributed by atoms with Crippen molar-refractivity contribution >= 4 is 27.1 Å². The molecule has 1 aliphatic rings. The number of ether oxygens (including phenoxy) is 6. The van der Waals surface area contributed by atoms with Crippen molar-refractivity contribution in [2.24, 2.45) is 0 Å². The van der Waals surface area contributed by atoms with Crippen molar-refractivity contribution in [1.29, 1.82) is 0 Å². The van der Waals surface area contributed by atoms with Gasteiger partial charge in [0.25, 0.3) is 0 Å². The van der Waals surface area contributed by atoms with Crippen LogP contribution in [0.15, 0.2) is 243 Å². The Bertz CT molecular complexity index is 3020. The molecule has 0 aromatic heterocycles. The molecular weight excluding hydrogens is 1080 g/mol. The van der Waals surface area contributed by atoms with Crippen molar-refractivity contribution in [2.75, 3.05) is 12.3 Å². The zero-order valence-corrected chi connectivity index (χ0v) is 47.0. The van der Waals surface area contributed by atoms with Gasteiger partial charge in [-0.3, -0.25) is 27.8 Å². The first-order valence-electron chi connectivity index (χ1n) is 27.1. The predicted octanol–water partition coefficient (Wildman–Crippen LogP) is 13.4. The molecule has 1 saturated carbocycles. The number of hydrogen-bond donors (Lipinski definition) is 0. The second-order valence-electron chi connectivity index (χ2n) is 19.5. The van der Waals surface area contributed by atoms with Gasteiger partial charge in [0.1, 0.15) is 62.2 Å². The Morgan fingerprint density at radius 1 is 0.268 bits per heavy atom. The zero-order valence-electron chi connectivity index (χ0n) is 45.2. The highest BCUT2D eigenvalue weighted by Crippen LogP contribution is 2.57. The van der Waals surface area contributed by atoms with Gasteiger partial charge in [0.15, 0.2) is 0 Å². The maximum Gasteiger partial charge on any atom is 0.342 e. The largest absolute Gasteiger partial charge is 0.460 e. The Balaban J connectivity index is 1.20. The van der Waals surface area contributed by atoms with E-state index in [1.165, 1.54) is 0 Å². The third kappa shape index (κ3) is 18.4. The van der Waals surface area contributed by atoms with Crippen molar-refractivity contribution in [1.82, 2.24) is 0 Å². The lowest BCUT2D eigenvalue weighted by atomic mass is 9.84. The monoisotopic (exact) mass is 1140 g/mol. The fourth-order valence-electron chi connectivity index (χ4n) is 9.16. The van der Waals surface area contributed by atoms with Gasteiger partial charge in [0, 0.05) is 0 Å². The lowest BCUT2D eigenvalue weighted by molar-refractivity contribution is -0.266. The third-order valence-electron chi connectivity index (χ3n) is 13.3. The molecule has 0 saturated heterocycles. The Morgan fingerprint density at radius 2 is 0.463 bits per heavy atom. The normalized spacial score (nSPS) is 19.3. The van der Waals surface area contributed by atoms with E-state index in [0.717, 1.165) is 22.3 Å². The summed E-state index contributed by atoms with van der Waals surface area (Å²) < 4.78 is 98.8. The first kappa shape index (κ1) is 59.5. The second-order valence-corrected chi connectivity index (χ2v) is 23.5. The fourth-order valence-corrected chi connectivity index (χ4v) is 12.3. The first-order valence-corrected chi connectivity index (χ1v) is 30.5. The van der Waals surface area contributed by atoms with Gasteiger partial charge in [-0.15, -0.1) is 0 Å². The van der Waals surface area contributed by atoms with E-state index >= 15 is 9.13 Å². The SMILES string of the molecule is O=C(CP(=O)(OCc1ccccc1)O[C@@H]1[C@H](OCc2ccccc2)[C@@H](OCc2ccccc2)[C@H](OCc2ccccc2)[C@@H](OCc2ccccc2)[C@@H]1OP(=O)(CC(=O)OCc1ccccc1)OCc1ccccc1)OCc1ccccc1. The Labute approximate surface area is 479 Å². The summed E-state index contributed by atoms with van der Waals surface area (Å²) >= 11 is 0. The van der Waals surface area contributed by atoms with Gasteiger partial charge in [-0.25, -0.2) is 0 Å². The molecule has 0 heterocycles. The van der Waals surface area contributed by atoms with E-state index in [0.29, 0.717) is 22.3 Å². The van der Waals surface area contributed by atoms with Gasteiger partial charge in [0.05, 0.1) is 39.6 Å². The quantitative estimate of drug-likeness (QED) is 0.0309. The molecule has 0 spiro atoms. The maximum absolute atomic E-state index is 16.1. The average Bonchev–Trinajstić information content (AvgIpc) is 3.49. The smallest absolute Gasteiger partial charge is 0.342 e. The molecule has 1 aliphatic carbocycles. The molecule has 0 bridgehead atoms. The van der Waals surface area contributed by atoms with Gasteiger partial charge < -0.3 is 37.5 Å². The molecular formula is C66H66O14P2. The van der Waals surface area contributed by atoms with E-state index in [1.807, 2.05) is 170 Å². The number of benzene rings is 8. The van der Waals surface area contributed by atoms with Crippen LogP contribution < -0.4 is 0 Å². The molecule has 0 radical (unpaired) electrons. The number of carbonyl (C=O) groups excluding carboxylic acids is 2. The van der Waals surface area contributed by atoms with Crippen LogP contribution in [0.2, 0.25) is 0 Å². The van der Waals surface area contributed by atoms with Crippen LogP contribution in [0, 0.1) is 0 Å². The molecule has 16 heteroatoms. The summed E-state index contributed by atoms with van der Waals surface area (Å²) in [6.45, 7) is -0.896. The number of rotatable bonds is 30. The van der Waals surface area contributed by atoms with Gasteiger partial charge in [-0.1, -0.05) is 243 Å². The van der Waals surface area contributed by atoms with Crippen LogP contribution in [0.25, 0.3) is 0 Å². The standard InChI is InChI=1S/C66H66O14P2/c67-59(71-41-51-25-9-1-10-26-51)49-81(69,77-47-57-37-21-7-22-38-57)79-65-63(75-45-55-33-17-5-18-34-55)61(73-43-53-29-13-3-14-30-53)62(74-44-54-31-15-4-16-32-54)64(76-46-56-35-19-6-20-36-56)66(65)80-82(70,78-48-58-39-23-8-24-40-58)50-60(68)72-42-52-27-11-2-12-28-52/h1-40,61-66H,41-50H2/t61-,62-,63+,64+,65-,66+,81?,82?/m0/s1. The minimum absolute atomic E-state index is 0.0193.